The molecule has 148 valence electrons. The molecule has 0 aromatic heterocycles. The minimum atomic E-state index is -0.703. The van der Waals surface area contributed by atoms with Gasteiger partial charge < -0.3 is 15.5 Å². The molecule has 1 aromatic rings. The third kappa shape index (κ3) is 3.85. The number of carbonyl (C=O) groups excluding carboxylic acids is 2. The molecule has 0 spiro atoms. The summed E-state index contributed by atoms with van der Waals surface area (Å²) in [6.07, 6.45) is 7.40. The van der Waals surface area contributed by atoms with E-state index in [1.165, 1.54) is 12.0 Å². The molecule has 1 aromatic carbocycles. The second-order valence-electron chi connectivity index (χ2n) is 8.16. The van der Waals surface area contributed by atoms with E-state index in [2.05, 4.69) is 6.07 Å². The van der Waals surface area contributed by atoms with Crippen LogP contribution in [0.3, 0.4) is 0 Å². The molecular weight excluding hydrogens is 362 g/mol. The summed E-state index contributed by atoms with van der Waals surface area (Å²) in [4.78, 5) is 29.1. The Kier molecular flexibility index (Phi) is 6.11. The van der Waals surface area contributed by atoms with E-state index in [1.54, 1.807) is 0 Å². The Hall–Kier alpha value is -1.59. The first-order valence-electron chi connectivity index (χ1n) is 10.1. The van der Waals surface area contributed by atoms with Crippen LogP contribution in [0.5, 0.6) is 0 Å². The van der Waals surface area contributed by atoms with E-state index in [4.69, 9.17) is 5.73 Å². The van der Waals surface area contributed by atoms with Gasteiger partial charge in [-0.15, -0.1) is 12.4 Å². The zero-order valence-electron chi connectivity index (χ0n) is 15.9. The SMILES string of the molecule is Cl.NC1(C(=O)N2CC(CCN3CCCC3=O)c3ccccc32)CCCCC1. The maximum absolute atomic E-state index is 13.3. The molecule has 6 heteroatoms. The van der Waals surface area contributed by atoms with E-state index in [9.17, 15) is 9.59 Å². The topological polar surface area (TPSA) is 66.6 Å². The molecule has 0 radical (unpaired) electrons. The first kappa shape index (κ1) is 20.2. The van der Waals surface area contributed by atoms with Crippen LogP contribution in [0, 0.1) is 0 Å². The van der Waals surface area contributed by atoms with Crippen molar-refractivity contribution in [3.8, 4) is 0 Å². The number of nitrogens with two attached hydrogens (primary N) is 1. The van der Waals surface area contributed by atoms with Crippen LogP contribution in [-0.2, 0) is 9.59 Å². The summed E-state index contributed by atoms with van der Waals surface area (Å²) in [6, 6.07) is 8.21. The molecule has 1 aliphatic carbocycles. The van der Waals surface area contributed by atoms with Gasteiger partial charge >= 0.3 is 0 Å². The predicted octanol–water partition coefficient (Wildman–Crippen LogP) is 3.21. The number of rotatable bonds is 4. The van der Waals surface area contributed by atoms with Crippen molar-refractivity contribution in [3.05, 3.63) is 29.8 Å². The smallest absolute Gasteiger partial charge is 0.247 e. The number of hydrogen-bond donors (Lipinski definition) is 1. The number of fused-ring (bicyclic) bond motifs is 1. The molecule has 27 heavy (non-hydrogen) atoms. The van der Waals surface area contributed by atoms with Gasteiger partial charge in [-0.25, -0.2) is 0 Å². The van der Waals surface area contributed by atoms with Crippen molar-refractivity contribution in [2.75, 3.05) is 24.5 Å². The summed E-state index contributed by atoms with van der Waals surface area (Å²) >= 11 is 0. The van der Waals surface area contributed by atoms with Gasteiger partial charge in [-0.3, -0.25) is 9.59 Å². The molecule has 1 unspecified atom stereocenters. The average Bonchev–Trinajstić information content (AvgIpc) is 3.23. The Morgan fingerprint density at radius 1 is 1.15 bits per heavy atom. The summed E-state index contributed by atoms with van der Waals surface area (Å²) in [5.74, 6) is 0.646. The Bertz CT molecular complexity index is 702. The number of nitrogens with zero attached hydrogens (tertiary/aromatic N) is 2. The molecule has 2 aliphatic heterocycles. The minimum Gasteiger partial charge on any atom is -0.343 e. The summed E-state index contributed by atoms with van der Waals surface area (Å²) in [5, 5.41) is 0. The van der Waals surface area contributed by atoms with Crippen LogP contribution < -0.4 is 10.6 Å². The molecule has 2 fully saturated rings. The lowest BCUT2D eigenvalue weighted by Crippen LogP contribution is -2.56. The van der Waals surface area contributed by atoms with Gasteiger partial charge in [0.15, 0.2) is 0 Å². The van der Waals surface area contributed by atoms with E-state index in [1.807, 2.05) is 28.0 Å². The predicted molar refractivity (Wildman–Crippen MR) is 109 cm³/mol. The Labute approximate surface area is 167 Å². The van der Waals surface area contributed by atoms with Gasteiger partial charge in [0.25, 0.3) is 0 Å². The van der Waals surface area contributed by atoms with Crippen LogP contribution in [0.25, 0.3) is 0 Å². The standard InChI is InChI=1S/C21H29N3O2.ClH/c22-21(11-4-1-5-12-21)20(26)24-15-16(17-7-2-3-8-18(17)24)10-14-23-13-6-9-19(23)25;/h2-3,7-8,16H,1,4-6,9-15,22H2;1H. The largest absolute Gasteiger partial charge is 0.343 e. The van der Waals surface area contributed by atoms with Gasteiger partial charge in [-0.2, -0.15) is 0 Å². The van der Waals surface area contributed by atoms with Gasteiger partial charge in [0.1, 0.15) is 0 Å². The molecule has 5 nitrogen and oxygen atoms in total. The number of amides is 2. The molecule has 1 saturated heterocycles. The molecule has 1 atom stereocenters. The Balaban J connectivity index is 0.00000210. The number of halogens is 1. The fraction of sp³-hybridized carbons (Fsp3) is 0.619. The molecule has 4 rings (SSSR count). The zero-order chi connectivity index (χ0) is 18.1. The summed E-state index contributed by atoms with van der Waals surface area (Å²) < 4.78 is 0. The van der Waals surface area contributed by atoms with E-state index in [0.717, 1.165) is 57.3 Å². The lowest BCUT2D eigenvalue weighted by atomic mass is 9.81. The molecule has 1 saturated carbocycles. The molecular formula is C21H30ClN3O2. The third-order valence-corrected chi connectivity index (χ3v) is 6.41. The number of carbonyl (C=O) groups is 2. The van der Waals surface area contributed by atoms with Crippen LogP contribution in [0.15, 0.2) is 24.3 Å². The first-order valence-corrected chi connectivity index (χ1v) is 10.1. The summed E-state index contributed by atoms with van der Waals surface area (Å²) in [6.45, 7) is 2.36. The fourth-order valence-electron chi connectivity index (χ4n) is 4.85. The van der Waals surface area contributed by atoms with Crippen molar-refractivity contribution >= 4 is 29.9 Å². The second-order valence-corrected chi connectivity index (χ2v) is 8.16. The van der Waals surface area contributed by atoms with Crippen molar-refractivity contribution < 1.29 is 9.59 Å². The number of anilines is 1. The van der Waals surface area contributed by atoms with Crippen LogP contribution in [0.1, 0.15) is 62.8 Å². The molecule has 2 amide bonds. The maximum atomic E-state index is 13.3. The highest BCUT2D eigenvalue weighted by Gasteiger charge is 2.42. The Morgan fingerprint density at radius 3 is 2.59 bits per heavy atom. The number of likely N-dealkylation sites (tertiary alicyclic amines) is 1. The van der Waals surface area contributed by atoms with Crippen LogP contribution in [-0.4, -0.2) is 41.9 Å². The van der Waals surface area contributed by atoms with E-state index < -0.39 is 5.54 Å². The average molecular weight is 392 g/mol. The molecule has 2 N–H and O–H groups in total. The quantitative estimate of drug-likeness (QED) is 0.856. The monoisotopic (exact) mass is 391 g/mol. The van der Waals surface area contributed by atoms with Crippen LogP contribution in [0.4, 0.5) is 5.69 Å². The molecule has 3 aliphatic rings. The number of hydrogen-bond acceptors (Lipinski definition) is 3. The third-order valence-electron chi connectivity index (χ3n) is 6.41. The molecule has 0 bridgehead atoms. The highest BCUT2D eigenvalue weighted by molar-refractivity contribution is 6.02. The highest BCUT2D eigenvalue weighted by Crippen LogP contribution is 2.40. The lowest BCUT2D eigenvalue weighted by Gasteiger charge is -2.35. The van der Waals surface area contributed by atoms with Gasteiger partial charge in [0.05, 0.1) is 5.54 Å². The molecule has 2 heterocycles. The van der Waals surface area contributed by atoms with Gasteiger partial charge in [-0.05, 0) is 37.3 Å². The summed E-state index contributed by atoms with van der Waals surface area (Å²) in [5.41, 5.74) is 8.08. The van der Waals surface area contributed by atoms with E-state index in [-0.39, 0.29) is 30.1 Å². The van der Waals surface area contributed by atoms with Crippen molar-refractivity contribution in [1.29, 1.82) is 0 Å². The van der Waals surface area contributed by atoms with E-state index in [0.29, 0.717) is 13.0 Å². The van der Waals surface area contributed by atoms with Crippen LogP contribution >= 0.6 is 12.4 Å². The maximum Gasteiger partial charge on any atom is 0.247 e. The Morgan fingerprint density at radius 2 is 1.89 bits per heavy atom. The minimum absolute atomic E-state index is 0. The normalized spacial score (nSPS) is 23.9. The lowest BCUT2D eigenvalue weighted by molar-refractivity contribution is -0.128. The van der Waals surface area contributed by atoms with Crippen LogP contribution in [0.2, 0.25) is 0 Å². The van der Waals surface area contributed by atoms with Gasteiger partial charge in [0.2, 0.25) is 11.8 Å². The van der Waals surface area contributed by atoms with Crippen molar-refractivity contribution in [2.45, 2.75) is 62.8 Å². The second kappa shape index (κ2) is 8.19. The highest BCUT2D eigenvalue weighted by atomic mass is 35.5. The van der Waals surface area contributed by atoms with Gasteiger partial charge in [0, 0.05) is 37.7 Å². The van der Waals surface area contributed by atoms with Gasteiger partial charge in [-0.1, -0.05) is 37.5 Å². The fourth-order valence-corrected chi connectivity index (χ4v) is 4.85. The van der Waals surface area contributed by atoms with Crippen molar-refractivity contribution in [3.63, 3.8) is 0 Å². The number of benzene rings is 1. The van der Waals surface area contributed by atoms with Crippen molar-refractivity contribution in [1.82, 2.24) is 4.90 Å². The van der Waals surface area contributed by atoms with Crippen molar-refractivity contribution in [2.24, 2.45) is 5.73 Å². The van der Waals surface area contributed by atoms with E-state index >= 15 is 0 Å². The zero-order valence-corrected chi connectivity index (χ0v) is 16.7. The number of para-hydroxylation sites is 1. The first-order chi connectivity index (χ1) is 12.6. The summed E-state index contributed by atoms with van der Waals surface area (Å²) in [7, 11) is 0.